The van der Waals surface area contributed by atoms with E-state index in [1.54, 1.807) is 6.07 Å². The van der Waals surface area contributed by atoms with Crippen molar-refractivity contribution in [2.75, 3.05) is 0 Å². The van der Waals surface area contributed by atoms with Crippen LogP contribution < -0.4 is 0 Å². The maximum absolute atomic E-state index is 13.1. The smallest absolute Gasteiger partial charge is 0.147 e. The number of hydrogen-bond acceptors (Lipinski definition) is 2. The zero-order chi connectivity index (χ0) is 11.5. The fourth-order valence-corrected chi connectivity index (χ4v) is 1.56. The van der Waals surface area contributed by atoms with E-state index in [2.05, 4.69) is 4.98 Å². The molecule has 0 saturated heterocycles. The van der Waals surface area contributed by atoms with Gasteiger partial charge in [-0.25, -0.2) is 4.39 Å². The highest BCUT2D eigenvalue weighted by Gasteiger charge is 2.05. The van der Waals surface area contributed by atoms with E-state index in [-0.39, 0.29) is 12.2 Å². The third-order valence-electron chi connectivity index (χ3n) is 2.42. The van der Waals surface area contributed by atoms with Gasteiger partial charge in [-0.05, 0) is 19.1 Å². The summed E-state index contributed by atoms with van der Waals surface area (Å²) in [6.45, 7) is 1.67. The first-order valence-corrected chi connectivity index (χ1v) is 5.03. The van der Waals surface area contributed by atoms with Crippen LogP contribution in [0.3, 0.4) is 0 Å². The van der Waals surface area contributed by atoms with Crippen LogP contribution in [-0.2, 0) is 6.61 Å². The minimum absolute atomic E-state index is 0.270. The molecule has 0 aliphatic heterocycles. The fraction of sp³-hybridized carbons (Fsp3) is 0.154. The third kappa shape index (κ3) is 2.09. The zero-order valence-electron chi connectivity index (χ0n) is 8.94. The Morgan fingerprint density at radius 1 is 1.31 bits per heavy atom. The van der Waals surface area contributed by atoms with Crippen LogP contribution in [0.25, 0.3) is 11.3 Å². The monoisotopic (exact) mass is 217 g/mol. The molecule has 0 unspecified atom stereocenters. The number of rotatable bonds is 2. The van der Waals surface area contributed by atoms with Gasteiger partial charge in [0, 0.05) is 11.1 Å². The summed E-state index contributed by atoms with van der Waals surface area (Å²) in [5.41, 5.74) is 2.99. The second-order valence-corrected chi connectivity index (χ2v) is 3.69. The highest BCUT2D eigenvalue weighted by molar-refractivity contribution is 5.60. The maximum Gasteiger partial charge on any atom is 0.147 e. The van der Waals surface area contributed by atoms with Gasteiger partial charge in [0.15, 0.2) is 0 Å². The first-order chi connectivity index (χ1) is 7.70. The lowest BCUT2D eigenvalue weighted by atomic mass is 10.1. The molecule has 2 rings (SSSR count). The van der Waals surface area contributed by atoms with E-state index in [1.807, 2.05) is 31.2 Å². The van der Waals surface area contributed by atoms with Gasteiger partial charge in [-0.1, -0.05) is 23.8 Å². The van der Waals surface area contributed by atoms with Crippen molar-refractivity contribution in [2.24, 2.45) is 0 Å². The van der Waals surface area contributed by atoms with E-state index in [0.717, 1.165) is 17.3 Å². The highest BCUT2D eigenvalue weighted by Crippen LogP contribution is 2.20. The minimum Gasteiger partial charge on any atom is -0.392 e. The van der Waals surface area contributed by atoms with E-state index in [1.165, 1.54) is 0 Å². The lowest BCUT2D eigenvalue weighted by Crippen LogP contribution is -1.93. The summed E-state index contributed by atoms with van der Waals surface area (Å²) in [5.74, 6) is -0.473. The van der Waals surface area contributed by atoms with Crippen molar-refractivity contribution in [1.82, 2.24) is 4.98 Å². The van der Waals surface area contributed by atoms with Gasteiger partial charge in [-0.15, -0.1) is 0 Å². The van der Waals surface area contributed by atoms with Crippen LogP contribution in [0.2, 0.25) is 0 Å². The molecule has 0 fully saturated rings. The second-order valence-electron chi connectivity index (χ2n) is 3.69. The number of aliphatic hydroxyl groups excluding tert-OH is 1. The molecule has 1 aromatic heterocycles. The Hall–Kier alpha value is -1.74. The average Bonchev–Trinajstić information content (AvgIpc) is 2.29. The number of hydrogen-bond donors (Lipinski definition) is 1. The van der Waals surface area contributed by atoms with Crippen molar-refractivity contribution < 1.29 is 9.50 Å². The third-order valence-corrected chi connectivity index (χ3v) is 2.42. The normalized spacial score (nSPS) is 10.4. The molecule has 0 spiro atoms. The topological polar surface area (TPSA) is 33.1 Å². The molecule has 0 aliphatic rings. The Morgan fingerprint density at radius 3 is 2.81 bits per heavy atom. The average molecular weight is 217 g/mol. The minimum atomic E-state index is -0.473. The van der Waals surface area contributed by atoms with Crippen LogP contribution in [0.5, 0.6) is 0 Å². The van der Waals surface area contributed by atoms with Crippen LogP contribution in [0.4, 0.5) is 4.39 Å². The Morgan fingerprint density at radius 2 is 2.12 bits per heavy atom. The largest absolute Gasteiger partial charge is 0.392 e. The predicted octanol–water partition coefficient (Wildman–Crippen LogP) is 2.69. The van der Waals surface area contributed by atoms with Crippen LogP contribution in [0.15, 0.2) is 36.5 Å². The SMILES string of the molecule is Cc1cccc(-c2cc(CO)c(F)cn2)c1. The Kier molecular flexibility index (Phi) is 2.97. The van der Waals surface area contributed by atoms with E-state index in [9.17, 15) is 4.39 Å². The van der Waals surface area contributed by atoms with E-state index >= 15 is 0 Å². The van der Waals surface area contributed by atoms with Crippen molar-refractivity contribution in [3.63, 3.8) is 0 Å². The zero-order valence-corrected chi connectivity index (χ0v) is 8.94. The number of benzene rings is 1. The van der Waals surface area contributed by atoms with Crippen molar-refractivity contribution in [2.45, 2.75) is 13.5 Å². The molecule has 1 N–H and O–H groups in total. The number of pyridine rings is 1. The van der Waals surface area contributed by atoms with Gasteiger partial charge in [0.25, 0.3) is 0 Å². The molecule has 82 valence electrons. The summed E-state index contributed by atoms with van der Waals surface area (Å²) in [6.07, 6.45) is 1.14. The molecule has 3 heteroatoms. The van der Waals surface area contributed by atoms with Crippen molar-refractivity contribution in [3.05, 3.63) is 53.5 Å². The molecule has 0 amide bonds. The molecular weight excluding hydrogens is 205 g/mol. The highest BCUT2D eigenvalue weighted by atomic mass is 19.1. The molecule has 2 aromatic rings. The molecule has 16 heavy (non-hydrogen) atoms. The van der Waals surface area contributed by atoms with Gasteiger partial charge in [0.05, 0.1) is 18.5 Å². The predicted molar refractivity (Wildman–Crippen MR) is 60.3 cm³/mol. The summed E-state index contributed by atoms with van der Waals surface area (Å²) in [5, 5.41) is 8.98. The molecule has 0 bridgehead atoms. The van der Waals surface area contributed by atoms with Gasteiger partial charge >= 0.3 is 0 Å². The molecule has 0 saturated carbocycles. The van der Waals surface area contributed by atoms with Crippen molar-refractivity contribution >= 4 is 0 Å². The Labute approximate surface area is 93.4 Å². The summed E-state index contributed by atoms with van der Waals surface area (Å²) in [4.78, 5) is 4.01. The summed E-state index contributed by atoms with van der Waals surface area (Å²) in [6, 6.07) is 9.37. The first kappa shape index (κ1) is 10.8. The quantitative estimate of drug-likeness (QED) is 0.839. The summed E-state index contributed by atoms with van der Waals surface area (Å²) >= 11 is 0. The summed E-state index contributed by atoms with van der Waals surface area (Å²) < 4.78 is 13.1. The molecule has 2 nitrogen and oxygen atoms in total. The second kappa shape index (κ2) is 4.41. The number of aliphatic hydroxyl groups is 1. The maximum atomic E-state index is 13.1. The number of halogens is 1. The lowest BCUT2D eigenvalue weighted by molar-refractivity contribution is 0.275. The van der Waals surface area contributed by atoms with Crippen LogP contribution in [-0.4, -0.2) is 10.1 Å². The van der Waals surface area contributed by atoms with Crippen LogP contribution >= 0.6 is 0 Å². The lowest BCUT2D eigenvalue weighted by Gasteiger charge is -2.04. The Balaban J connectivity index is 2.48. The first-order valence-electron chi connectivity index (χ1n) is 5.03. The number of nitrogens with zero attached hydrogens (tertiary/aromatic N) is 1. The molecule has 1 heterocycles. The Bertz CT molecular complexity index is 511. The van der Waals surface area contributed by atoms with Crippen LogP contribution in [0, 0.1) is 12.7 Å². The van der Waals surface area contributed by atoms with Gasteiger partial charge in [-0.3, -0.25) is 4.98 Å². The molecule has 0 aliphatic carbocycles. The fourth-order valence-electron chi connectivity index (χ4n) is 1.56. The molecule has 1 aromatic carbocycles. The van der Waals surface area contributed by atoms with Crippen LogP contribution in [0.1, 0.15) is 11.1 Å². The van der Waals surface area contributed by atoms with Gasteiger partial charge in [0.2, 0.25) is 0 Å². The standard InChI is InChI=1S/C13H12FNO/c1-9-3-2-4-10(5-9)13-6-11(8-16)12(14)7-15-13/h2-7,16H,8H2,1H3. The van der Waals surface area contributed by atoms with E-state index in [0.29, 0.717) is 5.69 Å². The van der Waals surface area contributed by atoms with E-state index in [4.69, 9.17) is 5.11 Å². The van der Waals surface area contributed by atoms with Gasteiger partial charge < -0.3 is 5.11 Å². The van der Waals surface area contributed by atoms with Crippen molar-refractivity contribution in [3.8, 4) is 11.3 Å². The summed E-state index contributed by atoms with van der Waals surface area (Å²) in [7, 11) is 0. The number of aryl methyl sites for hydroxylation is 1. The van der Waals surface area contributed by atoms with Gasteiger partial charge in [-0.2, -0.15) is 0 Å². The molecular formula is C13H12FNO. The number of aromatic nitrogens is 1. The van der Waals surface area contributed by atoms with Crippen molar-refractivity contribution in [1.29, 1.82) is 0 Å². The molecule has 0 atom stereocenters. The molecule has 0 radical (unpaired) electrons. The van der Waals surface area contributed by atoms with E-state index < -0.39 is 5.82 Å². The van der Waals surface area contributed by atoms with Gasteiger partial charge in [0.1, 0.15) is 5.82 Å².